The predicted octanol–water partition coefficient (Wildman–Crippen LogP) is 7.09. The van der Waals surface area contributed by atoms with Crippen molar-refractivity contribution in [3.63, 3.8) is 0 Å². The summed E-state index contributed by atoms with van der Waals surface area (Å²) >= 11 is 1.96. The fraction of sp³-hybridized carbons (Fsp3) is 0.710. The molecular formula is C31H47NO4S. The van der Waals surface area contributed by atoms with E-state index in [2.05, 4.69) is 51.7 Å². The Balaban J connectivity index is 1.58. The molecule has 0 saturated carbocycles. The number of thioether (sulfide) groups is 1. The van der Waals surface area contributed by atoms with Gasteiger partial charge in [-0.25, -0.2) is 0 Å². The Morgan fingerprint density at radius 3 is 2.70 bits per heavy atom. The zero-order valence-corrected chi connectivity index (χ0v) is 24.5. The number of carbonyl (C=O) groups excluding carboxylic acids is 1. The molecule has 1 saturated heterocycles. The van der Waals surface area contributed by atoms with Gasteiger partial charge in [0.1, 0.15) is 17.1 Å². The maximum atomic E-state index is 13.1. The highest BCUT2D eigenvalue weighted by Crippen LogP contribution is 2.51. The van der Waals surface area contributed by atoms with Crippen molar-refractivity contribution in [2.75, 3.05) is 44.4 Å². The normalized spacial score (nSPS) is 21.0. The Labute approximate surface area is 228 Å². The number of hydrogen-bond donors (Lipinski definition) is 0. The highest BCUT2D eigenvalue weighted by Gasteiger charge is 2.38. The van der Waals surface area contributed by atoms with E-state index in [0.29, 0.717) is 24.0 Å². The molecule has 206 valence electrons. The Hall–Kier alpha value is -1.50. The van der Waals surface area contributed by atoms with Gasteiger partial charge in [-0.3, -0.25) is 9.69 Å². The fourth-order valence-electron chi connectivity index (χ4n) is 5.88. The third-order valence-corrected chi connectivity index (χ3v) is 9.40. The lowest BCUT2D eigenvalue weighted by molar-refractivity contribution is -0.134. The Kier molecular flexibility index (Phi) is 10.0. The van der Waals surface area contributed by atoms with Crippen molar-refractivity contribution in [2.24, 2.45) is 5.92 Å². The van der Waals surface area contributed by atoms with Crippen LogP contribution < -0.4 is 9.47 Å². The average Bonchev–Trinajstić information content (AvgIpc) is 2.88. The van der Waals surface area contributed by atoms with Gasteiger partial charge in [0.15, 0.2) is 0 Å². The minimum atomic E-state index is -0.336. The van der Waals surface area contributed by atoms with Crippen LogP contribution in [-0.2, 0) is 9.53 Å². The van der Waals surface area contributed by atoms with Crippen molar-refractivity contribution in [2.45, 2.75) is 91.1 Å². The first-order chi connectivity index (χ1) is 17.8. The number of ether oxygens (including phenoxy) is 3. The van der Waals surface area contributed by atoms with E-state index in [1.807, 2.05) is 11.8 Å². The first-order valence-electron chi connectivity index (χ1n) is 14.5. The van der Waals surface area contributed by atoms with Crippen LogP contribution in [0.3, 0.4) is 0 Å². The van der Waals surface area contributed by atoms with Crippen LogP contribution >= 0.6 is 11.8 Å². The molecule has 2 unspecified atom stereocenters. The summed E-state index contributed by atoms with van der Waals surface area (Å²) in [6, 6.07) is 4.38. The maximum Gasteiger partial charge on any atom is 0.311 e. The highest BCUT2D eigenvalue weighted by atomic mass is 32.2. The molecule has 3 heterocycles. The summed E-state index contributed by atoms with van der Waals surface area (Å²) in [5.74, 6) is 4.41. The van der Waals surface area contributed by atoms with Crippen LogP contribution in [0.4, 0.5) is 0 Å². The number of unbranched alkanes of at least 4 members (excludes halogenated alkanes) is 2. The zero-order valence-electron chi connectivity index (χ0n) is 23.7. The second-order valence-electron chi connectivity index (χ2n) is 11.6. The second-order valence-corrected chi connectivity index (χ2v) is 12.7. The number of carbonyl (C=O) groups is 1. The van der Waals surface area contributed by atoms with Crippen molar-refractivity contribution in [3.8, 4) is 11.5 Å². The number of morpholine rings is 1. The van der Waals surface area contributed by atoms with E-state index >= 15 is 0 Å². The molecule has 0 radical (unpaired) electrons. The second kappa shape index (κ2) is 13.0. The molecule has 0 bridgehead atoms. The molecule has 6 heteroatoms. The van der Waals surface area contributed by atoms with Gasteiger partial charge in [-0.2, -0.15) is 11.8 Å². The minimum absolute atomic E-state index is 0.147. The van der Waals surface area contributed by atoms with Crippen LogP contribution in [0, 0.1) is 5.92 Å². The molecular weight excluding hydrogens is 482 g/mol. The Morgan fingerprint density at radius 1 is 1.16 bits per heavy atom. The van der Waals surface area contributed by atoms with E-state index in [1.165, 1.54) is 42.4 Å². The van der Waals surface area contributed by atoms with Crippen LogP contribution in [0.1, 0.15) is 96.6 Å². The van der Waals surface area contributed by atoms with E-state index < -0.39 is 0 Å². The Bertz CT molecular complexity index is 966. The predicted molar refractivity (Wildman–Crippen MR) is 154 cm³/mol. The monoisotopic (exact) mass is 529 g/mol. The summed E-state index contributed by atoms with van der Waals surface area (Å²) in [6.45, 7) is 15.6. The summed E-state index contributed by atoms with van der Waals surface area (Å²) in [7, 11) is 0. The van der Waals surface area contributed by atoms with E-state index in [0.717, 1.165) is 68.5 Å². The molecule has 0 aromatic heterocycles. The molecule has 0 spiro atoms. The lowest BCUT2D eigenvalue weighted by atomic mass is 9.81. The number of esters is 1. The molecule has 1 fully saturated rings. The SMILES string of the molecule is CCCCCC(C)C(C)c1cc(OC(=O)CCCN2CCOCC2)c2c(c1)OC(C)(C)C1=C2CSCC1. The first kappa shape index (κ1) is 28.5. The molecule has 0 N–H and O–H groups in total. The van der Waals surface area contributed by atoms with Gasteiger partial charge in [-0.1, -0.05) is 46.5 Å². The minimum Gasteiger partial charge on any atom is -0.483 e. The van der Waals surface area contributed by atoms with Gasteiger partial charge in [0, 0.05) is 25.3 Å². The van der Waals surface area contributed by atoms with Crippen LogP contribution in [0.15, 0.2) is 17.7 Å². The van der Waals surface area contributed by atoms with Crippen molar-refractivity contribution >= 4 is 23.3 Å². The topological polar surface area (TPSA) is 48.0 Å². The van der Waals surface area contributed by atoms with Crippen molar-refractivity contribution < 1.29 is 19.0 Å². The van der Waals surface area contributed by atoms with Gasteiger partial charge < -0.3 is 14.2 Å². The van der Waals surface area contributed by atoms with Crippen LogP contribution in [0.2, 0.25) is 0 Å². The van der Waals surface area contributed by atoms with Crippen molar-refractivity contribution in [1.82, 2.24) is 4.90 Å². The standard InChI is InChI=1S/C31H47NO4S/c1-6-7-8-10-22(2)23(3)24-19-27(35-29(33)11-9-13-32-14-16-34-17-15-32)30-25-21-37-18-12-26(25)31(4,5)36-28(30)20-24/h19-20,22-23H,6-18,21H2,1-5H3. The summed E-state index contributed by atoms with van der Waals surface area (Å²) in [6.07, 6.45) is 7.23. The number of benzene rings is 1. The molecule has 0 amide bonds. The molecule has 3 aliphatic heterocycles. The van der Waals surface area contributed by atoms with Gasteiger partial charge in [0.05, 0.1) is 18.8 Å². The smallest absolute Gasteiger partial charge is 0.311 e. The van der Waals surface area contributed by atoms with Crippen molar-refractivity contribution in [3.05, 3.63) is 28.8 Å². The van der Waals surface area contributed by atoms with Gasteiger partial charge in [0.2, 0.25) is 0 Å². The molecule has 3 aliphatic rings. The molecule has 37 heavy (non-hydrogen) atoms. The molecule has 5 nitrogen and oxygen atoms in total. The summed E-state index contributed by atoms with van der Waals surface area (Å²) < 4.78 is 18.3. The summed E-state index contributed by atoms with van der Waals surface area (Å²) in [5.41, 5.74) is 4.56. The molecule has 1 aromatic rings. The van der Waals surface area contributed by atoms with E-state index in [1.54, 1.807) is 0 Å². The number of fused-ring (bicyclic) bond motifs is 2. The number of nitrogens with zero attached hydrogens (tertiary/aromatic N) is 1. The van der Waals surface area contributed by atoms with E-state index in [4.69, 9.17) is 14.2 Å². The maximum absolute atomic E-state index is 13.1. The van der Waals surface area contributed by atoms with Crippen molar-refractivity contribution in [1.29, 1.82) is 0 Å². The van der Waals surface area contributed by atoms with Gasteiger partial charge in [-0.15, -0.1) is 0 Å². The molecule has 0 aliphatic carbocycles. The lowest BCUT2D eigenvalue weighted by Gasteiger charge is -2.40. The largest absolute Gasteiger partial charge is 0.483 e. The van der Waals surface area contributed by atoms with Crippen LogP contribution in [-0.4, -0.2) is 60.8 Å². The molecule has 1 aromatic carbocycles. The average molecular weight is 530 g/mol. The summed E-state index contributed by atoms with van der Waals surface area (Å²) in [5, 5.41) is 0. The third-order valence-electron chi connectivity index (χ3n) is 8.41. The summed E-state index contributed by atoms with van der Waals surface area (Å²) in [4.78, 5) is 15.5. The van der Waals surface area contributed by atoms with Gasteiger partial charge >= 0.3 is 5.97 Å². The van der Waals surface area contributed by atoms with E-state index in [-0.39, 0.29) is 11.6 Å². The quantitative estimate of drug-likeness (QED) is 0.173. The zero-order chi connectivity index (χ0) is 26.4. The van der Waals surface area contributed by atoms with E-state index in [9.17, 15) is 4.79 Å². The lowest BCUT2D eigenvalue weighted by Crippen LogP contribution is -2.37. The van der Waals surface area contributed by atoms with Gasteiger partial charge in [0.25, 0.3) is 0 Å². The molecule has 2 atom stereocenters. The Morgan fingerprint density at radius 2 is 1.95 bits per heavy atom. The first-order valence-corrected chi connectivity index (χ1v) is 15.6. The highest BCUT2D eigenvalue weighted by molar-refractivity contribution is 7.99. The number of rotatable bonds is 11. The van der Waals surface area contributed by atoms with Gasteiger partial charge in [-0.05, 0) is 79.7 Å². The third kappa shape index (κ3) is 7.13. The fourth-order valence-corrected chi connectivity index (χ4v) is 6.90. The van der Waals surface area contributed by atoms with Crippen LogP contribution in [0.5, 0.6) is 11.5 Å². The van der Waals surface area contributed by atoms with Crippen LogP contribution in [0.25, 0.3) is 5.57 Å². The molecule has 4 rings (SSSR count). The number of hydrogen-bond acceptors (Lipinski definition) is 6.